The highest BCUT2D eigenvalue weighted by atomic mass is 16.6. The lowest BCUT2D eigenvalue weighted by atomic mass is 10.0. The molecule has 0 aromatic carbocycles. The maximum Gasteiger partial charge on any atom is 0.305 e. The molecule has 1 aliphatic heterocycles. The van der Waals surface area contributed by atoms with Gasteiger partial charge in [0.25, 0.3) is 0 Å². The van der Waals surface area contributed by atoms with Crippen molar-refractivity contribution in [2.45, 2.75) is 121 Å². The summed E-state index contributed by atoms with van der Waals surface area (Å²) in [6, 6.07) is 0. The molecule has 4 atom stereocenters. The molecule has 0 aromatic rings. The molecule has 1 heterocycles. The Hall–Kier alpha value is -0.850. The molecule has 0 spiro atoms. The van der Waals surface area contributed by atoms with E-state index in [0.717, 1.165) is 12.8 Å². The fourth-order valence-electron chi connectivity index (χ4n) is 4.88. The summed E-state index contributed by atoms with van der Waals surface area (Å²) in [5, 5.41) is 27.5. The van der Waals surface area contributed by atoms with Gasteiger partial charge in [0.15, 0.2) is 0 Å². The van der Waals surface area contributed by atoms with E-state index < -0.39 is 24.4 Å². The minimum Gasteiger partial charge on any atom is -0.463 e. The molecule has 238 valence electrons. The van der Waals surface area contributed by atoms with E-state index in [1.54, 1.807) is 0 Å². The zero-order valence-electron chi connectivity index (χ0n) is 25.0. The summed E-state index contributed by atoms with van der Waals surface area (Å²) in [4.78, 5) is 12.0. The molecule has 0 bridgehead atoms. The number of carbonyl (C=O) groups excluding carboxylic acids is 1. The summed E-state index contributed by atoms with van der Waals surface area (Å²) in [7, 11) is 0. The Morgan fingerprint density at radius 3 is 1.93 bits per heavy atom. The Bertz CT molecular complexity index is 565. The number of esters is 1. The molecule has 0 aliphatic carbocycles. The van der Waals surface area contributed by atoms with E-state index in [1.807, 2.05) is 0 Å². The van der Waals surface area contributed by atoms with Gasteiger partial charge in [0, 0.05) is 6.42 Å². The Labute approximate surface area is 242 Å². The van der Waals surface area contributed by atoms with Gasteiger partial charge in [-0.05, 0) is 6.42 Å². The standard InChI is InChI=1S/C30H58O10/c1-2-3-4-5-6-7-8-9-10-11-12-13-14-15-28(34)38-23-22-35-24-26(36-19-16-31)30-29(39-21-18-33)27(25-40-30)37-20-17-32/h26-27,29-33H,2-25H2,1H3/t26?,27?,29-,30?/m0/s1. The lowest BCUT2D eigenvalue weighted by Gasteiger charge is -2.29. The molecular weight excluding hydrogens is 520 g/mol. The van der Waals surface area contributed by atoms with Crippen LogP contribution in [0.5, 0.6) is 0 Å². The SMILES string of the molecule is CCCCCCCCCCCCCCCC(=O)OCCOCC(OCCO)C1OCC(OCCO)[C@@H]1OCCO. The molecule has 1 rings (SSSR count). The number of unbranched alkanes of at least 4 members (excludes halogenated alkanes) is 12. The quantitative estimate of drug-likeness (QED) is 0.0894. The number of aliphatic hydroxyl groups is 3. The predicted molar refractivity (Wildman–Crippen MR) is 152 cm³/mol. The number of carbonyl (C=O) groups is 1. The Balaban J connectivity index is 2.15. The van der Waals surface area contributed by atoms with Crippen molar-refractivity contribution < 1.29 is 48.5 Å². The van der Waals surface area contributed by atoms with E-state index in [0.29, 0.717) is 6.42 Å². The largest absolute Gasteiger partial charge is 0.463 e. The monoisotopic (exact) mass is 578 g/mol. The second kappa shape index (κ2) is 27.0. The van der Waals surface area contributed by atoms with Gasteiger partial charge in [0.1, 0.15) is 31.0 Å². The summed E-state index contributed by atoms with van der Waals surface area (Å²) in [5.74, 6) is -0.208. The Kier molecular flexibility index (Phi) is 25.1. The van der Waals surface area contributed by atoms with E-state index >= 15 is 0 Å². The second-order valence-electron chi connectivity index (χ2n) is 10.4. The van der Waals surface area contributed by atoms with Crippen LogP contribution in [-0.4, -0.2) is 112 Å². The van der Waals surface area contributed by atoms with Crippen molar-refractivity contribution in [3.05, 3.63) is 0 Å². The van der Waals surface area contributed by atoms with Crippen LogP contribution in [0.4, 0.5) is 0 Å². The molecule has 40 heavy (non-hydrogen) atoms. The highest BCUT2D eigenvalue weighted by Gasteiger charge is 2.44. The minimum absolute atomic E-state index is 0.0941. The smallest absolute Gasteiger partial charge is 0.305 e. The number of aliphatic hydroxyl groups excluding tert-OH is 3. The Morgan fingerprint density at radius 1 is 0.750 bits per heavy atom. The van der Waals surface area contributed by atoms with Gasteiger partial charge in [-0.1, -0.05) is 84.0 Å². The third kappa shape index (κ3) is 18.6. The molecule has 3 N–H and O–H groups in total. The average Bonchev–Trinajstić information content (AvgIpc) is 3.36. The van der Waals surface area contributed by atoms with Crippen LogP contribution < -0.4 is 0 Å². The Morgan fingerprint density at radius 2 is 1.32 bits per heavy atom. The summed E-state index contributed by atoms with van der Waals surface area (Å²) < 4.78 is 34.0. The van der Waals surface area contributed by atoms with Gasteiger partial charge in [-0.2, -0.15) is 0 Å². The van der Waals surface area contributed by atoms with Gasteiger partial charge in [-0.25, -0.2) is 0 Å². The van der Waals surface area contributed by atoms with Crippen LogP contribution in [0.3, 0.4) is 0 Å². The van der Waals surface area contributed by atoms with Crippen LogP contribution in [-0.2, 0) is 33.2 Å². The fraction of sp³-hybridized carbons (Fsp3) is 0.967. The topological polar surface area (TPSA) is 133 Å². The number of rotatable bonds is 29. The first kappa shape index (κ1) is 37.2. The number of ether oxygens (including phenoxy) is 6. The van der Waals surface area contributed by atoms with Crippen molar-refractivity contribution in [1.82, 2.24) is 0 Å². The van der Waals surface area contributed by atoms with Gasteiger partial charge in [-0.15, -0.1) is 0 Å². The van der Waals surface area contributed by atoms with Gasteiger partial charge in [0.05, 0.1) is 59.5 Å². The highest BCUT2D eigenvalue weighted by molar-refractivity contribution is 5.69. The zero-order valence-corrected chi connectivity index (χ0v) is 25.0. The van der Waals surface area contributed by atoms with Crippen LogP contribution in [0.2, 0.25) is 0 Å². The first-order valence-corrected chi connectivity index (χ1v) is 15.7. The van der Waals surface area contributed by atoms with E-state index in [2.05, 4.69) is 6.92 Å². The predicted octanol–water partition coefficient (Wildman–Crippen LogP) is 3.56. The van der Waals surface area contributed by atoms with Crippen molar-refractivity contribution >= 4 is 5.97 Å². The molecule has 10 heteroatoms. The van der Waals surface area contributed by atoms with Crippen LogP contribution in [0, 0.1) is 0 Å². The van der Waals surface area contributed by atoms with Gasteiger partial charge in [0.2, 0.25) is 0 Å². The lowest BCUT2D eigenvalue weighted by molar-refractivity contribution is -0.149. The lowest BCUT2D eigenvalue weighted by Crippen LogP contribution is -2.45. The summed E-state index contributed by atoms with van der Waals surface area (Å²) in [5.41, 5.74) is 0. The van der Waals surface area contributed by atoms with Gasteiger partial charge >= 0.3 is 5.97 Å². The van der Waals surface area contributed by atoms with Gasteiger partial charge in [-0.3, -0.25) is 4.79 Å². The zero-order chi connectivity index (χ0) is 29.1. The normalized spacial score (nSPS) is 19.8. The van der Waals surface area contributed by atoms with Crippen LogP contribution in [0.1, 0.15) is 96.8 Å². The summed E-state index contributed by atoms with van der Waals surface area (Å²) >= 11 is 0. The molecule has 0 saturated carbocycles. The number of hydrogen-bond donors (Lipinski definition) is 3. The molecule has 0 amide bonds. The first-order chi connectivity index (χ1) is 19.7. The van der Waals surface area contributed by atoms with Crippen molar-refractivity contribution in [2.24, 2.45) is 0 Å². The molecule has 0 radical (unpaired) electrons. The average molecular weight is 579 g/mol. The fourth-order valence-corrected chi connectivity index (χ4v) is 4.88. The second-order valence-corrected chi connectivity index (χ2v) is 10.4. The van der Waals surface area contributed by atoms with Crippen molar-refractivity contribution in [3.63, 3.8) is 0 Å². The van der Waals surface area contributed by atoms with Crippen LogP contribution in [0.15, 0.2) is 0 Å². The summed E-state index contributed by atoms with van der Waals surface area (Å²) in [6.45, 7) is 2.91. The van der Waals surface area contributed by atoms with Crippen molar-refractivity contribution in [1.29, 1.82) is 0 Å². The minimum atomic E-state index is -0.555. The van der Waals surface area contributed by atoms with E-state index in [9.17, 15) is 15.0 Å². The molecule has 1 fully saturated rings. The maximum atomic E-state index is 12.0. The summed E-state index contributed by atoms with van der Waals surface area (Å²) in [6.07, 6.45) is 14.8. The molecule has 3 unspecified atom stereocenters. The van der Waals surface area contributed by atoms with Gasteiger partial charge < -0.3 is 43.7 Å². The number of hydrogen-bond acceptors (Lipinski definition) is 10. The molecule has 1 saturated heterocycles. The van der Waals surface area contributed by atoms with E-state index in [-0.39, 0.29) is 72.0 Å². The van der Waals surface area contributed by atoms with E-state index in [4.69, 9.17) is 33.5 Å². The van der Waals surface area contributed by atoms with Crippen molar-refractivity contribution in [2.75, 3.05) is 66.1 Å². The van der Waals surface area contributed by atoms with Crippen LogP contribution >= 0.6 is 0 Å². The third-order valence-corrected chi connectivity index (χ3v) is 7.01. The highest BCUT2D eigenvalue weighted by Crippen LogP contribution is 2.25. The van der Waals surface area contributed by atoms with Crippen molar-refractivity contribution in [3.8, 4) is 0 Å². The molecule has 10 nitrogen and oxygen atoms in total. The molecule has 1 aliphatic rings. The van der Waals surface area contributed by atoms with E-state index in [1.165, 1.54) is 70.6 Å². The first-order valence-electron chi connectivity index (χ1n) is 15.7. The molecule has 0 aromatic heterocycles. The van der Waals surface area contributed by atoms with Crippen LogP contribution in [0.25, 0.3) is 0 Å². The third-order valence-electron chi connectivity index (χ3n) is 7.01. The molecular formula is C30H58O10. The maximum absolute atomic E-state index is 12.0.